The summed E-state index contributed by atoms with van der Waals surface area (Å²) in [7, 11) is 0. The quantitative estimate of drug-likeness (QED) is 0.855. The normalized spacial score (nSPS) is 12.5. The number of hydrogen-bond acceptors (Lipinski definition) is 5. The van der Waals surface area contributed by atoms with Gasteiger partial charge in [0.2, 0.25) is 5.91 Å². The van der Waals surface area contributed by atoms with Crippen LogP contribution in [0.1, 0.15) is 28.8 Å². The topological polar surface area (TPSA) is 77.5 Å². The van der Waals surface area contributed by atoms with Gasteiger partial charge in [-0.15, -0.1) is 0 Å². The highest BCUT2D eigenvalue weighted by molar-refractivity contribution is 6.00. The molecule has 2 heterocycles. The van der Waals surface area contributed by atoms with Crippen LogP contribution < -0.4 is 14.8 Å². The van der Waals surface area contributed by atoms with Crippen LogP contribution in [0.2, 0.25) is 0 Å². The van der Waals surface area contributed by atoms with Crippen LogP contribution in [0.5, 0.6) is 11.5 Å². The maximum atomic E-state index is 12.2. The van der Waals surface area contributed by atoms with Gasteiger partial charge in [0.1, 0.15) is 19.0 Å². The average molecular weight is 326 g/mol. The molecule has 6 nitrogen and oxygen atoms in total. The van der Waals surface area contributed by atoms with Crippen molar-refractivity contribution >= 4 is 17.5 Å². The van der Waals surface area contributed by atoms with Crippen molar-refractivity contribution in [3.8, 4) is 11.5 Å². The smallest absolute Gasteiger partial charge is 0.225 e. The minimum atomic E-state index is -0.239. The second-order valence-corrected chi connectivity index (χ2v) is 5.55. The van der Waals surface area contributed by atoms with E-state index in [1.165, 1.54) is 0 Å². The summed E-state index contributed by atoms with van der Waals surface area (Å²) in [5, 5.41) is 2.68. The van der Waals surface area contributed by atoms with E-state index in [0.717, 1.165) is 5.56 Å². The molecule has 1 aliphatic heterocycles. The van der Waals surface area contributed by atoms with E-state index in [0.29, 0.717) is 36.1 Å². The van der Waals surface area contributed by atoms with Crippen molar-refractivity contribution in [3.05, 3.63) is 47.7 Å². The number of anilines is 1. The number of hydrogen-bond donors (Lipinski definition) is 1. The van der Waals surface area contributed by atoms with E-state index in [1.54, 1.807) is 30.5 Å². The molecular weight excluding hydrogens is 308 g/mol. The molecule has 0 bridgehead atoms. The summed E-state index contributed by atoms with van der Waals surface area (Å²) in [4.78, 5) is 28.3. The van der Waals surface area contributed by atoms with Gasteiger partial charge in [-0.3, -0.25) is 9.59 Å². The highest BCUT2D eigenvalue weighted by atomic mass is 16.6. The second-order valence-electron chi connectivity index (χ2n) is 5.55. The number of ketones is 1. The molecule has 0 fully saturated rings. The van der Waals surface area contributed by atoms with Crippen molar-refractivity contribution < 1.29 is 19.1 Å². The van der Waals surface area contributed by atoms with Gasteiger partial charge < -0.3 is 14.8 Å². The molecule has 0 unspecified atom stereocenters. The molecule has 2 aromatic rings. The number of aromatic nitrogens is 1. The van der Waals surface area contributed by atoms with Gasteiger partial charge in [-0.2, -0.15) is 0 Å². The van der Waals surface area contributed by atoms with E-state index in [1.807, 2.05) is 13.0 Å². The lowest BCUT2D eigenvalue weighted by atomic mass is 10.1. The summed E-state index contributed by atoms with van der Waals surface area (Å²) in [5.74, 6) is 1.34. The molecule has 6 heteroatoms. The number of Topliss-reactive ketones (excluding diaryl/α,β-unsaturated/α-hetero) is 1. The van der Waals surface area contributed by atoms with E-state index in [-0.39, 0.29) is 24.5 Å². The third-order valence-electron chi connectivity index (χ3n) is 3.62. The molecule has 0 saturated heterocycles. The molecule has 0 aliphatic carbocycles. The Hall–Kier alpha value is -2.89. The van der Waals surface area contributed by atoms with Gasteiger partial charge in [-0.05, 0) is 36.8 Å². The zero-order valence-electron chi connectivity index (χ0n) is 13.4. The molecule has 1 aromatic heterocycles. The Kier molecular flexibility index (Phi) is 4.74. The Labute approximate surface area is 139 Å². The Morgan fingerprint density at radius 1 is 1.08 bits per heavy atom. The molecule has 3 rings (SSSR count). The van der Waals surface area contributed by atoms with Crippen molar-refractivity contribution in [1.82, 2.24) is 4.98 Å². The largest absolute Gasteiger partial charge is 0.486 e. The molecule has 0 saturated carbocycles. The van der Waals surface area contributed by atoms with Crippen molar-refractivity contribution in [2.24, 2.45) is 0 Å². The SMILES string of the molecule is Cc1ccc(NC(=O)CCC(=O)c2ccc3c(c2)OCCO3)nc1. The highest BCUT2D eigenvalue weighted by Gasteiger charge is 2.16. The summed E-state index contributed by atoms with van der Waals surface area (Å²) in [6.07, 6.45) is 1.90. The molecule has 0 spiro atoms. The number of carbonyl (C=O) groups excluding carboxylic acids is 2. The van der Waals surface area contributed by atoms with Crippen LogP contribution >= 0.6 is 0 Å². The number of fused-ring (bicyclic) bond motifs is 1. The first-order valence-corrected chi connectivity index (χ1v) is 7.77. The zero-order valence-corrected chi connectivity index (χ0v) is 13.4. The van der Waals surface area contributed by atoms with Crippen LogP contribution in [0.25, 0.3) is 0 Å². The van der Waals surface area contributed by atoms with E-state index in [4.69, 9.17) is 9.47 Å². The number of carbonyl (C=O) groups is 2. The number of nitrogens with one attached hydrogen (secondary N) is 1. The van der Waals surface area contributed by atoms with Gasteiger partial charge in [0.15, 0.2) is 17.3 Å². The van der Waals surface area contributed by atoms with E-state index in [2.05, 4.69) is 10.3 Å². The zero-order chi connectivity index (χ0) is 16.9. The lowest BCUT2D eigenvalue weighted by molar-refractivity contribution is -0.116. The van der Waals surface area contributed by atoms with Gasteiger partial charge in [-0.1, -0.05) is 6.07 Å². The molecule has 124 valence electrons. The van der Waals surface area contributed by atoms with E-state index in [9.17, 15) is 9.59 Å². The number of amides is 1. The molecule has 24 heavy (non-hydrogen) atoms. The molecular formula is C18H18N2O4. The number of nitrogens with zero attached hydrogens (tertiary/aromatic N) is 1. The van der Waals surface area contributed by atoms with Gasteiger partial charge in [0.25, 0.3) is 0 Å². The predicted molar refractivity (Wildman–Crippen MR) is 88.6 cm³/mol. The second kappa shape index (κ2) is 7.12. The molecule has 0 atom stereocenters. The Morgan fingerprint density at radius 3 is 2.62 bits per heavy atom. The number of aryl methyl sites for hydroxylation is 1. The van der Waals surface area contributed by atoms with Crippen LogP contribution in [0.15, 0.2) is 36.5 Å². The minimum absolute atomic E-state index is 0.100. The molecule has 1 aliphatic rings. The Balaban J connectivity index is 1.55. The molecule has 0 radical (unpaired) electrons. The lowest BCUT2D eigenvalue weighted by Crippen LogP contribution is -2.16. The highest BCUT2D eigenvalue weighted by Crippen LogP contribution is 2.31. The fourth-order valence-electron chi connectivity index (χ4n) is 2.34. The van der Waals surface area contributed by atoms with Crippen molar-refractivity contribution in [2.45, 2.75) is 19.8 Å². The number of rotatable bonds is 5. The standard InChI is InChI=1S/C18H18N2O4/c1-12-2-6-17(19-11-12)20-18(22)7-4-14(21)13-3-5-15-16(10-13)24-9-8-23-15/h2-3,5-6,10-11H,4,7-9H2,1H3,(H,19,20,22). The fraction of sp³-hybridized carbons (Fsp3) is 0.278. The lowest BCUT2D eigenvalue weighted by Gasteiger charge is -2.18. The first-order valence-electron chi connectivity index (χ1n) is 7.77. The first kappa shape index (κ1) is 16.0. The van der Waals surface area contributed by atoms with Gasteiger partial charge in [0.05, 0.1) is 0 Å². The van der Waals surface area contributed by atoms with E-state index < -0.39 is 0 Å². The van der Waals surface area contributed by atoms with Crippen LogP contribution in [-0.4, -0.2) is 29.9 Å². The van der Waals surface area contributed by atoms with Crippen LogP contribution in [-0.2, 0) is 4.79 Å². The summed E-state index contributed by atoms with van der Waals surface area (Å²) in [5.41, 5.74) is 1.53. The van der Waals surface area contributed by atoms with Gasteiger partial charge in [0, 0.05) is 24.6 Å². The Morgan fingerprint density at radius 2 is 1.88 bits per heavy atom. The maximum Gasteiger partial charge on any atom is 0.225 e. The number of pyridine rings is 1. The minimum Gasteiger partial charge on any atom is -0.486 e. The van der Waals surface area contributed by atoms with Crippen molar-refractivity contribution in [1.29, 1.82) is 0 Å². The van der Waals surface area contributed by atoms with Crippen molar-refractivity contribution in [2.75, 3.05) is 18.5 Å². The number of benzene rings is 1. The summed E-state index contributed by atoms with van der Waals surface area (Å²) in [6.45, 7) is 2.90. The summed E-state index contributed by atoms with van der Waals surface area (Å²) in [6, 6.07) is 8.67. The molecule has 1 aromatic carbocycles. The predicted octanol–water partition coefficient (Wildman–Crippen LogP) is 2.76. The van der Waals surface area contributed by atoms with E-state index >= 15 is 0 Å². The number of ether oxygens (including phenoxy) is 2. The van der Waals surface area contributed by atoms with Gasteiger partial charge >= 0.3 is 0 Å². The first-order chi connectivity index (χ1) is 11.6. The Bertz CT molecular complexity index is 756. The maximum absolute atomic E-state index is 12.2. The fourth-order valence-corrected chi connectivity index (χ4v) is 2.34. The summed E-state index contributed by atoms with van der Waals surface area (Å²) < 4.78 is 10.9. The third-order valence-corrected chi connectivity index (χ3v) is 3.62. The summed E-state index contributed by atoms with van der Waals surface area (Å²) >= 11 is 0. The van der Waals surface area contributed by atoms with Crippen LogP contribution in [0.4, 0.5) is 5.82 Å². The molecule has 1 amide bonds. The average Bonchev–Trinajstić information content (AvgIpc) is 2.61. The van der Waals surface area contributed by atoms with Crippen LogP contribution in [0, 0.1) is 6.92 Å². The third kappa shape index (κ3) is 3.90. The van der Waals surface area contributed by atoms with Gasteiger partial charge in [-0.25, -0.2) is 4.98 Å². The monoisotopic (exact) mass is 326 g/mol. The van der Waals surface area contributed by atoms with Crippen molar-refractivity contribution in [3.63, 3.8) is 0 Å². The molecule has 1 N–H and O–H groups in total. The van der Waals surface area contributed by atoms with Crippen LogP contribution in [0.3, 0.4) is 0 Å².